The van der Waals surface area contributed by atoms with Crippen LogP contribution in [0.25, 0.3) is 5.82 Å². The van der Waals surface area contributed by atoms with Crippen LogP contribution in [-0.2, 0) is 17.5 Å². The molecule has 0 aliphatic carbocycles. The maximum Gasteiger partial charge on any atom is 0.435 e. The molecule has 4 rings (SSSR count). The summed E-state index contributed by atoms with van der Waals surface area (Å²) in [7, 11) is 0. The Bertz CT molecular complexity index is 1240. The second kappa shape index (κ2) is 8.13. The molecule has 3 aromatic rings. The number of carbonyl (C=O) groups excluding carboxylic acids is 1. The Hall–Kier alpha value is -3.49. The molecule has 4 heterocycles. The Balaban J connectivity index is 1.48. The normalized spacial score (nSPS) is 18.4. The number of pyridine rings is 1. The summed E-state index contributed by atoms with van der Waals surface area (Å²) >= 11 is 0. The summed E-state index contributed by atoms with van der Waals surface area (Å²) in [5.74, 6) is -5.25. The number of aromatic nitrogens is 6. The first-order valence-corrected chi connectivity index (χ1v) is 9.44. The van der Waals surface area contributed by atoms with Gasteiger partial charge in [-0.25, -0.2) is 23.1 Å². The molecule has 33 heavy (non-hydrogen) atoms. The third-order valence-corrected chi connectivity index (χ3v) is 4.75. The third-order valence-electron chi connectivity index (χ3n) is 4.75. The van der Waals surface area contributed by atoms with E-state index in [-0.39, 0.29) is 17.2 Å². The van der Waals surface area contributed by atoms with Crippen molar-refractivity contribution >= 4 is 11.6 Å². The van der Waals surface area contributed by atoms with Gasteiger partial charge in [0, 0.05) is 18.2 Å². The van der Waals surface area contributed by atoms with Crippen molar-refractivity contribution in [2.45, 2.75) is 38.0 Å². The van der Waals surface area contributed by atoms with E-state index in [1.54, 1.807) is 0 Å². The number of nitrogens with one attached hydrogen (secondary N) is 2. The lowest BCUT2D eigenvalue weighted by Gasteiger charge is -2.08. The fraction of sp³-hybridized carbons (Fsp3) is 0.389. The van der Waals surface area contributed by atoms with Gasteiger partial charge in [-0.3, -0.25) is 9.48 Å². The van der Waals surface area contributed by atoms with Gasteiger partial charge < -0.3 is 10.6 Å². The average molecular weight is 475 g/mol. The van der Waals surface area contributed by atoms with Crippen LogP contribution in [-0.4, -0.2) is 47.9 Å². The first kappa shape index (κ1) is 21.4. The van der Waals surface area contributed by atoms with Crippen LogP contribution < -0.4 is 10.6 Å². The van der Waals surface area contributed by atoms with Crippen LogP contribution in [0.5, 0.6) is 0 Å². The maximum absolute atomic E-state index is 14.6. The summed E-state index contributed by atoms with van der Waals surface area (Å²) < 4.78 is 89.3. The standard InChI is InChI=1S/C18H16F6N8O/c1-9-2-13(18(22,23)24)29-31(9)6-14(33)28-10-3-11(19)16(25-5-10)32-8-27-15(30-32)12-4-17(20,21)7-26-12/h2-3,5,8,12,26H,4,6-7H2,1H3,(H,28,33)/t12-/m0/s1/i5D. The molecule has 0 unspecified atom stereocenters. The fourth-order valence-corrected chi connectivity index (χ4v) is 3.18. The highest BCUT2D eigenvalue weighted by atomic mass is 19.4. The summed E-state index contributed by atoms with van der Waals surface area (Å²) in [6, 6.07) is 0.716. The molecule has 0 bridgehead atoms. The minimum atomic E-state index is -4.68. The van der Waals surface area contributed by atoms with E-state index < -0.39 is 67.1 Å². The minimum Gasteiger partial charge on any atom is -0.323 e. The number of carbonyl (C=O) groups is 1. The van der Waals surface area contributed by atoms with Crippen LogP contribution in [0.15, 0.2) is 24.6 Å². The fourth-order valence-electron chi connectivity index (χ4n) is 3.18. The quantitative estimate of drug-likeness (QED) is 0.551. The molecule has 1 atom stereocenters. The Morgan fingerprint density at radius 2 is 2.09 bits per heavy atom. The molecule has 1 fully saturated rings. The lowest BCUT2D eigenvalue weighted by atomic mass is 10.2. The van der Waals surface area contributed by atoms with E-state index in [1.165, 1.54) is 6.92 Å². The zero-order valence-corrected chi connectivity index (χ0v) is 16.8. The van der Waals surface area contributed by atoms with Crippen molar-refractivity contribution in [3.8, 4) is 5.82 Å². The molecular weight excluding hydrogens is 458 g/mol. The van der Waals surface area contributed by atoms with Crippen molar-refractivity contribution in [3.63, 3.8) is 0 Å². The third kappa shape index (κ3) is 4.97. The molecule has 9 nitrogen and oxygen atoms in total. The number of nitrogens with zero attached hydrogens (tertiary/aromatic N) is 6. The number of hydrogen-bond acceptors (Lipinski definition) is 6. The number of halogens is 6. The smallest absolute Gasteiger partial charge is 0.323 e. The zero-order valence-electron chi connectivity index (χ0n) is 17.8. The lowest BCUT2D eigenvalue weighted by Crippen LogP contribution is -2.21. The molecule has 1 saturated heterocycles. The van der Waals surface area contributed by atoms with E-state index in [4.69, 9.17) is 1.37 Å². The van der Waals surface area contributed by atoms with E-state index >= 15 is 0 Å². The van der Waals surface area contributed by atoms with E-state index in [2.05, 4.69) is 30.8 Å². The summed E-state index contributed by atoms with van der Waals surface area (Å²) in [5.41, 5.74) is -1.44. The van der Waals surface area contributed by atoms with Crippen LogP contribution in [0, 0.1) is 12.7 Å². The van der Waals surface area contributed by atoms with Crippen molar-refractivity contribution < 1.29 is 32.5 Å². The lowest BCUT2D eigenvalue weighted by molar-refractivity contribution is -0.141. The second-order valence-electron chi connectivity index (χ2n) is 7.37. The predicted octanol–water partition coefficient (Wildman–Crippen LogP) is 2.63. The molecule has 15 heteroatoms. The highest BCUT2D eigenvalue weighted by molar-refractivity contribution is 5.90. The van der Waals surface area contributed by atoms with E-state index in [0.717, 1.165) is 27.8 Å². The highest BCUT2D eigenvalue weighted by Gasteiger charge is 2.41. The van der Waals surface area contributed by atoms with Gasteiger partial charge in [0.2, 0.25) is 5.91 Å². The van der Waals surface area contributed by atoms with Crippen LogP contribution in [0.2, 0.25) is 0 Å². The van der Waals surface area contributed by atoms with Crippen LogP contribution in [0.4, 0.5) is 32.0 Å². The van der Waals surface area contributed by atoms with Crippen molar-refractivity contribution in [1.82, 2.24) is 34.8 Å². The number of anilines is 1. The average Bonchev–Trinajstić information content (AvgIpc) is 3.43. The van der Waals surface area contributed by atoms with Crippen molar-refractivity contribution in [2.75, 3.05) is 11.9 Å². The van der Waals surface area contributed by atoms with E-state index in [1.807, 2.05) is 0 Å². The molecule has 0 radical (unpaired) electrons. The molecular formula is C18H16F6N8O. The number of aryl methyl sites for hydroxylation is 1. The van der Waals surface area contributed by atoms with Gasteiger partial charge in [0.05, 0.1) is 25.8 Å². The summed E-state index contributed by atoms with van der Waals surface area (Å²) in [4.78, 5) is 19.8. The van der Waals surface area contributed by atoms with Gasteiger partial charge in [0.15, 0.2) is 23.2 Å². The zero-order chi connectivity index (χ0) is 24.8. The van der Waals surface area contributed by atoms with Gasteiger partial charge >= 0.3 is 6.18 Å². The Kier molecular flexibility index (Phi) is 5.26. The topological polar surface area (TPSA) is 103 Å². The van der Waals surface area contributed by atoms with Gasteiger partial charge in [0.1, 0.15) is 12.9 Å². The number of hydrogen-bond donors (Lipinski definition) is 2. The molecule has 0 saturated carbocycles. The van der Waals surface area contributed by atoms with Crippen molar-refractivity contribution in [1.29, 1.82) is 0 Å². The van der Waals surface area contributed by atoms with Crippen molar-refractivity contribution in [2.24, 2.45) is 0 Å². The number of rotatable bonds is 5. The second-order valence-corrected chi connectivity index (χ2v) is 7.37. The number of alkyl halides is 5. The van der Waals surface area contributed by atoms with E-state index in [0.29, 0.717) is 0 Å². The Labute approximate surface area is 183 Å². The first-order chi connectivity index (χ1) is 15.8. The van der Waals surface area contributed by atoms with Gasteiger partial charge in [0.25, 0.3) is 5.92 Å². The highest BCUT2D eigenvalue weighted by Crippen LogP contribution is 2.32. The molecule has 1 amide bonds. The molecule has 3 aromatic heterocycles. The Morgan fingerprint density at radius 3 is 2.73 bits per heavy atom. The molecule has 2 N–H and O–H groups in total. The van der Waals surface area contributed by atoms with Gasteiger partial charge in [-0.2, -0.15) is 23.0 Å². The molecule has 1 aliphatic heterocycles. The molecule has 1 aliphatic rings. The van der Waals surface area contributed by atoms with Crippen LogP contribution in [0.3, 0.4) is 0 Å². The monoisotopic (exact) mass is 475 g/mol. The first-order valence-electron chi connectivity index (χ1n) is 9.94. The maximum atomic E-state index is 14.6. The molecule has 0 spiro atoms. The van der Waals surface area contributed by atoms with Gasteiger partial charge in [-0.1, -0.05) is 0 Å². The summed E-state index contributed by atoms with van der Waals surface area (Å²) in [6.07, 6.45) is -4.73. The predicted molar refractivity (Wildman–Crippen MR) is 100 cm³/mol. The van der Waals surface area contributed by atoms with E-state index in [9.17, 15) is 31.1 Å². The van der Waals surface area contributed by atoms with Gasteiger partial charge in [-0.05, 0) is 13.0 Å². The largest absolute Gasteiger partial charge is 0.435 e. The molecule has 0 aromatic carbocycles. The summed E-state index contributed by atoms with van der Waals surface area (Å²) in [6.45, 7) is 0.173. The number of amides is 1. The van der Waals surface area contributed by atoms with Gasteiger partial charge in [-0.15, -0.1) is 5.10 Å². The Morgan fingerprint density at radius 1 is 1.33 bits per heavy atom. The van der Waals surface area contributed by atoms with Crippen LogP contribution in [0.1, 0.15) is 31.0 Å². The minimum absolute atomic E-state index is 0.00453. The molecule has 176 valence electrons. The van der Waals surface area contributed by atoms with Crippen molar-refractivity contribution in [3.05, 3.63) is 47.7 Å². The SMILES string of the molecule is [2H]c1nc(-n2cnc([C@@H]3CC(F)(F)CN3)n2)c(F)cc1NC(=O)Cn1nc(C(F)(F)F)cc1C. The van der Waals surface area contributed by atoms with Crippen LogP contribution >= 0.6 is 0 Å². The summed E-state index contributed by atoms with van der Waals surface area (Å²) in [5, 5.41) is 12.0.